The average molecular weight is 195 g/mol. The zero-order valence-electron chi connectivity index (χ0n) is 8.57. The highest BCUT2D eigenvalue weighted by atomic mass is 16.5. The van der Waals surface area contributed by atoms with Gasteiger partial charge in [0.15, 0.2) is 0 Å². The molecule has 0 radical (unpaired) electrons. The third kappa shape index (κ3) is 2.07. The first-order valence-corrected chi connectivity index (χ1v) is 5.17. The Hall–Kier alpha value is -1.03. The van der Waals surface area contributed by atoms with Crippen LogP contribution in [0.25, 0.3) is 0 Å². The third-order valence-electron chi connectivity index (χ3n) is 2.65. The van der Waals surface area contributed by atoms with E-state index < -0.39 is 0 Å². The van der Waals surface area contributed by atoms with E-state index in [9.17, 15) is 0 Å². The number of hydrogen-bond donors (Lipinski definition) is 1. The standard InChI is InChI=1S/C10H17N3O/c1-8-6-13(12-10(8)11)7-9-4-2-3-5-14-9/h6,9H,2-5,7H2,1H3,(H2,11,12). The van der Waals surface area contributed by atoms with Gasteiger partial charge in [-0.15, -0.1) is 0 Å². The van der Waals surface area contributed by atoms with Crippen LogP contribution in [-0.2, 0) is 11.3 Å². The van der Waals surface area contributed by atoms with E-state index in [1.54, 1.807) is 0 Å². The molecule has 0 aliphatic carbocycles. The highest BCUT2D eigenvalue weighted by Gasteiger charge is 2.15. The Morgan fingerprint density at radius 2 is 2.50 bits per heavy atom. The zero-order valence-corrected chi connectivity index (χ0v) is 8.57. The van der Waals surface area contributed by atoms with Crippen LogP contribution in [-0.4, -0.2) is 22.5 Å². The molecule has 2 rings (SSSR count). The lowest BCUT2D eigenvalue weighted by Crippen LogP contribution is -2.24. The van der Waals surface area contributed by atoms with Gasteiger partial charge in [0.2, 0.25) is 0 Å². The van der Waals surface area contributed by atoms with Gasteiger partial charge < -0.3 is 10.5 Å². The van der Waals surface area contributed by atoms with E-state index in [4.69, 9.17) is 10.5 Å². The minimum atomic E-state index is 0.322. The Morgan fingerprint density at radius 3 is 3.07 bits per heavy atom. The third-order valence-corrected chi connectivity index (χ3v) is 2.65. The molecule has 4 heteroatoms. The van der Waals surface area contributed by atoms with E-state index in [0.717, 1.165) is 25.1 Å². The number of nitrogen functional groups attached to an aromatic ring is 1. The fourth-order valence-electron chi connectivity index (χ4n) is 1.79. The summed E-state index contributed by atoms with van der Waals surface area (Å²) in [4.78, 5) is 0. The molecule has 2 N–H and O–H groups in total. The highest BCUT2D eigenvalue weighted by Crippen LogP contribution is 2.15. The fraction of sp³-hybridized carbons (Fsp3) is 0.700. The topological polar surface area (TPSA) is 53.1 Å². The smallest absolute Gasteiger partial charge is 0.148 e. The molecule has 0 aromatic carbocycles. The lowest BCUT2D eigenvalue weighted by molar-refractivity contribution is 0.00404. The molecule has 1 fully saturated rings. The second kappa shape index (κ2) is 4.00. The number of ether oxygens (including phenoxy) is 1. The molecule has 78 valence electrons. The summed E-state index contributed by atoms with van der Waals surface area (Å²) in [6.45, 7) is 3.69. The van der Waals surface area contributed by atoms with Gasteiger partial charge in [-0.2, -0.15) is 5.10 Å². The van der Waals surface area contributed by atoms with Crippen LogP contribution in [0.1, 0.15) is 24.8 Å². The van der Waals surface area contributed by atoms with Gasteiger partial charge in [-0.1, -0.05) is 0 Å². The Kier molecular flexibility index (Phi) is 2.72. The van der Waals surface area contributed by atoms with Crippen molar-refractivity contribution >= 4 is 5.82 Å². The Labute approximate surface area is 84.0 Å². The van der Waals surface area contributed by atoms with Crippen molar-refractivity contribution in [3.05, 3.63) is 11.8 Å². The molecule has 1 atom stereocenters. The fourth-order valence-corrected chi connectivity index (χ4v) is 1.79. The van der Waals surface area contributed by atoms with Crippen molar-refractivity contribution < 1.29 is 4.74 Å². The minimum absolute atomic E-state index is 0.322. The van der Waals surface area contributed by atoms with Gasteiger partial charge in [-0.3, -0.25) is 4.68 Å². The summed E-state index contributed by atoms with van der Waals surface area (Å²) in [6, 6.07) is 0. The van der Waals surface area contributed by atoms with Crippen molar-refractivity contribution in [3.8, 4) is 0 Å². The van der Waals surface area contributed by atoms with Crippen LogP contribution in [0.5, 0.6) is 0 Å². The number of anilines is 1. The summed E-state index contributed by atoms with van der Waals surface area (Å²) in [5, 5.41) is 4.22. The maximum atomic E-state index is 5.67. The Morgan fingerprint density at radius 1 is 1.64 bits per heavy atom. The molecule has 0 bridgehead atoms. The summed E-state index contributed by atoms with van der Waals surface area (Å²) < 4.78 is 7.52. The van der Waals surface area contributed by atoms with Gasteiger partial charge in [-0.05, 0) is 26.2 Å². The molecule has 1 saturated heterocycles. The normalized spacial score (nSPS) is 22.5. The van der Waals surface area contributed by atoms with Gasteiger partial charge in [0.1, 0.15) is 5.82 Å². The quantitative estimate of drug-likeness (QED) is 0.774. The second-order valence-corrected chi connectivity index (χ2v) is 3.91. The van der Waals surface area contributed by atoms with Crippen LogP contribution in [0.3, 0.4) is 0 Å². The molecule has 2 heterocycles. The monoisotopic (exact) mass is 195 g/mol. The molecular formula is C10H17N3O. The van der Waals surface area contributed by atoms with Gasteiger partial charge in [0.25, 0.3) is 0 Å². The number of nitrogens with two attached hydrogens (primary N) is 1. The van der Waals surface area contributed by atoms with Crippen LogP contribution in [0.2, 0.25) is 0 Å². The summed E-state index contributed by atoms with van der Waals surface area (Å²) in [7, 11) is 0. The maximum absolute atomic E-state index is 5.67. The lowest BCUT2D eigenvalue weighted by atomic mass is 10.1. The average Bonchev–Trinajstić information content (AvgIpc) is 2.47. The molecule has 1 aliphatic heterocycles. The SMILES string of the molecule is Cc1cn(CC2CCCCO2)nc1N. The molecule has 0 saturated carbocycles. The van der Waals surface area contributed by atoms with Gasteiger partial charge in [0.05, 0.1) is 12.6 Å². The van der Waals surface area contributed by atoms with Crippen molar-refractivity contribution in [1.29, 1.82) is 0 Å². The molecule has 1 aromatic heterocycles. The van der Waals surface area contributed by atoms with E-state index in [-0.39, 0.29) is 0 Å². The Bertz CT molecular complexity index is 283. The number of aryl methyl sites for hydroxylation is 1. The largest absolute Gasteiger partial charge is 0.382 e. The molecule has 14 heavy (non-hydrogen) atoms. The molecule has 1 unspecified atom stereocenters. The van der Waals surface area contributed by atoms with Crippen molar-refractivity contribution in [3.63, 3.8) is 0 Å². The predicted molar refractivity (Wildman–Crippen MR) is 55.0 cm³/mol. The molecular weight excluding hydrogens is 178 g/mol. The van der Waals surface area contributed by atoms with Gasteiger partial charge in [0, 0.05) is 18.4 Å². The number of nitrogens with zero attached hydrogens (tertiary/aromatic N) is 2. The molecule has 1 aliphatic rings. The first-order valence-electron chi connectivity index (χ1n) is 5.17. The zero-order chi connectivity index (χ0) is 9.97. The lowest BCUT2D eigenvalue weighted by Gasteiger charge is -2.22. The van der Waals surface area contributed by atoms with E-state index in [1.807, 2.05) is 17.8 Å². The van der Waals surface area contributed by atoms with Crippen molar-refractivity contribution in [2.75, 3.05) is 12.3 Å². The maximum Gasteiger partial charge on any atom is 0.148 e. The molecule has 0 amide bonds. The summed E-state index contributed by atoms with van der Waals surface area (Å²) >= 11 is 0. The van der Waals surface area contributed by atoms with Crippen LogP contribution in [0, 0.1) is 6.92 Å². The van der Waals surface area contributed by atoms with Crippen molar-refractivity contribution in [2.45, 2.75) is 38.8 Å². The first-order chi connectivity index (χ1) is 6.75. The number of hydrogen-bond acceptors (Lipinski definition) is 3. The number of rotatable bonds is 2. The van der Waals surface area contributed by atoms with Crippen LogP contribution >= 0.6 is 0 Å². The first kappa shape index (κ1) is 9.52. The summed E-state index contributed by atoms with van der Waals surface area (Å²) in [5.74, 6) is 0.626. The second-order valence-electron chi connectivity index (χ2n) is 3.91. The minimum Gasteiger partial charge on any atom is -0.382 e. The Balaban J connectivity index is 1.95. The van der Waals surface area contributed by atoms with Crippen LogP contribution in [0.4, 0.5) is 5.82 Å². The van der Waals surface area contributed by atoms with E-state index in [1.165, 1.54) is 12.8 Å². The van der Waals surface area contributed by atoms with Gasteiger partial charge >= 0.3 is 0 Å². The highest BCUT2D eigenvalue weighted by molar-refractivity contribution is 5.35. The number of aromatic nitrogens is 2. The van der Waals surface area contributed by atoms with E-state index >= 15 is 0 Å². The molecule has 0 spiro atoms. The van der Waals surface area contributed by atoms with Crippen LogP contribution in [0.15, 0.2) is 6.20 Å². The van der Waals surface area contributed by atoms with Crippen molar-refractivity contribution in [1.82, 2.24) is 9.78 Å². The predicted octanol–water partition coefficient (Wildman–Crippen LogP) is 1.34. The van der Waals surface area contributed by atoms with Crippen LogP contribution < -0.4 is 5.73 Å². The van der Waals surface area contributed by atoms with E-state index in [2.05, 4.69) is 5.10 Å². The molecule has 1 aromatic rings. The van der Waals surface area contributed by atoms with E-state index in [0.29, 0.717) is 11.9 Å². The summed E-state index contributed by atoms with van der Waals surface area (Å²) in [6.07, 6.45) is 5.89. The summed E-state index contributed by atoms with van der Waals surface area (Å²) in [5.41, 5.74) is 6.72. The van der Waals surface area contributed by atoms with Crippen molar-refractivity contribution in [2.24, 2.45) is 0 Å². The molecule has 4 nitrogen and oxygen atoms in total. The van der Waals surface area contributed by atoms with Gasteiger partial charge in [-0.25, -0.2) is 0 Å².